The van der Waals surface area contributed by atoms with Crippen LogP contribution in [0.5, 0.6) is 17.2 Å². The fourth-order valence-electron chi connectivity index (χ4n) is 4.74. The van der Waals surface area contributed by atoms with Gasteiger partial charge in [0, 0.05) is 12.5 Å². The van der Waals surface area contributed by atoms with E-state index in [1.54, 1.807) is 0 Å². The van der Waals surface area contributed by atoms with Gasteiger partial charge in [0.1, 0.15) is 23.7 Å². The molecule has 0 spiro atoms. The summed E-state index contributed by atoms with van der Waals surface area (Å²) in [5.41, 5.74) is 6.35. The fourth-order valence-corrected chi connectivity index (χ4v) is 4.74. The highest BCUT2D eigenvalue weighted by atomic mass is 16.5. The summed E-state index contributed by atoms with van der Waals surface area (Å²) in [4.78, 5) is 13.7. The molecule has 0 bridgehead atoms. The number of hydrogen-bond donors (Lipinski definition) is 0. The zero-order chi connectivity index (χ0) is 25.2. The SMILES string of the molecule is CCCc1cc2c(=O)c(-c3ccc4c(c3)OCCCO4)c(C)oc2cc1OCc1cc(C)ccc1C. The van der Waals surface area contributed by atoms with E-state index in [1.807, 2.05) is 37.3 Å². The highest BCUT2D eigenvalue weighted by Crippen LogP contribution is 2.36. The predicted molar refractivity (Wildman–Crippen MR) is 143 cm³/mol. The lowest BCUT2D eigenvalue weighted by Crippen LogP contribution is -2.09. The number of ether oxygens (including phenoxy) is 3. The van der Waals surface area contributed by atoms with E-state index in [9.17, 15) is 4.79 Å². The van der Waals surface area contributed by atoms with E-state index in [0.717, 1.165) is 41.7 Å². The van der Waals surface area contributed by atoms with Gasteiger partial charge in [-0.05, 0) is 67.6 Å². The Morgan fingerprint density at radius 3 is 2.50 bits per heavy atom. The Hall–Kier alpha value is -3.73. The zero-order valence-electron chi connectivity index (χ0n) is 21.4. The van der Waals surface area contributed by atoms with E-state index in [4.69, 9.17) is 18.6 Å². The molecule has 1 aliphatic heterocycles. The van der Waals surface area contributed by atoms with Crippen LogP contribution in [0.2, 0.25) is 0 Å². The third kappa shape index (κ3) is 4.70. The summed E-state index contributed by atoms with van der Waals surface area (Å²) in [6.07, 6.45) is 2.58. The van der Waals surface area contributed by atoms with Gasteiger partial charge < -0.3 is 18.6 Å². The first kappa shape index (κ1) is 24.0. The third-order valence-corrected chi connectivity index (χ3v) is 6.69. The van der Waals surface area contributed by atoms with Gasteiger partial charge in [0.2, 0.25) is 5.43 Å². The molecule has 0 N–H and O–H groups in total. The molecule has 1 aliphatic rings. The molecule has 5 heteroatoms. The third-order valence-electron chi connectivity index (χ3n) is 6.69. The maximum Gasteiger partial charge on any atom is 0.200 e. The van der Waals surface area contributed by atoms with Crippen LogP contribution in [-0.2, 0) is 13.0 Å². The Bertz CT molecular complexity index is 1480. The highest BCUT2D eigenvalue weighted by Gasteiger charge is 2.19. The first-order valence-corrected chi connectivity index (χ1v) is 12.6. The van der Waals surface area contributed by atoms with Gasteiger partial charge in [0.15, 0.2) is 11.5 Å². The van der Waals surface area contributed by atoms with Crippen molar-refractivity contribution in [2.45, 2.75) is 53.6 Å². The van der Waals surface area contributed by atoms with Crippen LogP contribution in [-0.4, -0.2) is 13.2 Å². The summed E-state index contributed by atoms with van der Waals surface area (Å²) in [5.74, 6) is 2.68. The van der Waals surface area contributed by atoms with Gasteiger partial charge in [0.25, 0.3) is 0 Å². The lowest BCUT2D eigenvalue weighted by atomic mass is 9.99. The highest BCUT2D eigenvalue weighted by molar-refractivity contribution is 5.85. The van der Waals surface area contributed by atoms with Gasteiger partial charge >= 0.3 is 0 Å². The second-order valence-corrected chi connectivity index (χ2v) is 9.50. The standard InChI is InChI=1S/C31H32O5/c1-5-7-22-15-25-28(17-27(22)35-18-24-14-19(2)8-9-20(24)3)36-21(4)30(31(25)32)23-10-11-26-29(16-23)34-13-6-12-33-26/h8-11,14-17H,5-7,12-13,18H2,1-4H3. The largest absolute Gasteiger partial charge is 0.490 e. The van der Waals surface area contributed by atoms with Crippen molar-refractivity contribution >= 4 is 11.0 Å². The fraction of sp³-hybridized carbons (Fsp3) is 0.323. The Morgan fingerprint density at radius 2 is 1.69 bits per heavy atom. The molecule has 0 atom stereocenters. The summed E-state index contributed by atoms with van der Waals surface area (Å²) in [6, 6.07) is 15.8. The molecule has 36 heavy (non-hydrogen) atoms. The molecule has 3 aromatic carbocycles. The van der Waals surface area contributed by atoms with Crippen molar-refractivity contribution in [1.82, 2.24) is 0 Å². The summed E-state index contributed by atoms with van der Waals surface area (Å²) in [5, 5.41) is 0.560. The van der Waals surface area contributed by atoms with Gasteiger partial charge in [-0.2, -0.15) is 0 Å². The van der Waals surface area contributed by atoms with E-state index in [0.29, 0.717) is 53.6 Å². The molecule has 4 aromatic rings. The first-order chi connectivity index (χ1) is 17.4. The summed E-state index contributed by atoms with van der Waals surface area (Å²) in [7, 11) is 0. The van der Waals surface area contributed by atoms with Crippen LogP contribution in [0.15, 0.2) is 57.7 Å². The van der Waals surface area contributed by atoms with Crippen molar-refractivity contribution < 1.29 is 18.6 Å². The van der Waals surface area contributed by atoms with Gasteiger partial charge in [-0.3, -0.25) is 4.79 Å². The molecule has 1 aromatic heterocycles. The molecule has 5 rings (SSSR count). The van der Waals surface area contributed by atoms with Crippen LogP contribution in [0.4, 0.5) is 0 Å². The minimum Gasteiger partial charge on any atom is -0.490 e. The molecule has 0 aliphatic carbocycles. The number of fused-ring (bicyclic) bond motifs is 2. The molecule has 186 valence electrons. The van der Waals surface area contributed by atoms with Crippen molar-refractivity contribution in [2.75, 3.05) is 13.2 Å². The Morgan fingerprint density at radius 1 is 0.889 bits per heavy atom. The van der Waals surface area contributed by atoms with Gasteiger partial charge in [-0.25, -0.2) is 0 Å². The lowest BCUT2D eigenvalue weighted by Gasteiger charge is -2.15. The summed E-state index contributed by atoms with van der Waals surface area (Å²) < 4.78 is 24.1. The minimum atomic E-state index is -0.0540. The minimum absolute atomic E-state index is 0.0540. The normalized spacial score (nSPS) is 13.0. The smallest absolute Gasteiger partial charge is 0.200 e. The molecule has 0 radical (unpaired) electrons. The second kappa shape index (κ2) is 10.1. The van der Waals surface area contributed by atoms with E-state index in [2.05, 4.69) is 39.0 Å². The van der Waals surface area contributed by atoms with Crippen LogP contribution in [0, 0.1) is 20.8 Å². The van der Waals surface area contributed by atoms with Crippen LogP contribution >= 0.6 is 0 Å². The second-order valence-electron chi connectivity index (χ2n) is 9.50. The molecule has 2 heterocycles. The van der Waals surface area contributed by atoms with Crippen molar-refractivity contribution in [3.63, 3.8) is 0 Å². The molecule has 0 amide bonds. The number of rotatable bonds is 6. The number of benzene rings is 3. The van der Waals surface area contributed by atoms with E-state index in [-0.39, 0.29) is 5.43 Å². The van der Waals surface area contributed by atoms with E-state index < -0.39 is 0 Å². The predicted octanol–water partition coefficient (Wildman–Crippen LogP) is 7.08. The van der Waals surface area contributed by atoms with Crippen LogP contribution in [0.1, 0.15) is 47.8 Å². The summed E-state index contributed by atoms with van der Waals surface area (Å²) >= 11 is 0. The van der Waals surface area contributed by atoms with Crippen LogP contribution < -0.4 is 19.6 Å². The van der Waals surface area contributed by atoms with E-state index in [1.165, 1.54) is 11.1 Å². The number of hydrogen-bond acceptors (Lipinski definition) is 5. The van der Waals surface area contributed by atoms with Crippen LogP contribution in [0.3, 0.4) is 0 Å². The maximum atomic E-state index is 13.7. The first-order valence-electron chi connectivity index (χ1n) is 12.6. The van der Waals surface area contributed by atoms with Crippen molar-refractivity contribution in [3.05, 3.63) is 86.8 Å². The van der Waals surface area contributed by atoms with Gasteiger partial charge in [0.05, 0.1) is 24.2 Å². The maximum absolute atomic E-state index is 13.7. The topological polar surface area (TPSA) is 57.9 Å². The van der Waals surface area contributed by atoms with Crippen LogP contribution in [0.25, 0.3) is 22.1 Å². The quantitative estimate of drug-likeness (QED) is 0.293. The summed E-state index contributed by atoms with van der Waals surface area (Å²) in [6.45, 7) is 9.81. The average Bonchev–Trinajstić information content (AvgIpc) is 3.10. The molecule has 0 unspecified atom stereocenters. The average molecular weight is 485 g/mol. The van der Waals surface area contributed by atoms with Gasteiger partial charge in [-0.15, -0.1) is 0 Å². The Labute approximate surface area is 211 Å². The number of aryl methyl sites for hydroxylation is 4. The van der Waals surface area contributed by atoms with Crippen molar-refractivity contribution in [1.29, 1.82) is 0 Å². The molecule has 0 saturated carbocycles. The van der Waals surface area contributed by atoms with Crippen molar-refractivity contribution in [3.8, 4) is 28.4 Å². The lowest BCUT2D eigenvalue weighted by molar-refractivity contribution is 0.297. The van der Waals surface area contributed by atoms with Crippen molar-refractivity contribution in [2.24, 2.45) is 0 Å². The molecular formula is C31H32O5. The van der Waals surface area contributed by atoms with Gasteiger partial charge in [-0.1, -0.05) is 43.2 Å². The Kier molecular flexibility index (Phi) is 6.73. The Balaban J connectivity index is 1.56. The zero-order valence-corrected chi connectivity index (χ0v) is 21.4. The molecule has 0 saturated heterocycles. The molecular weight excluding hydrogens is 452 g/mol. The molecule has 5 nitrogen and oxygen atoms in total. The van der Waals surface area contributed by atoms with E-state index >= 15 is 0 Å². The molecule has 0 fully saturated rings. The monoisotopic (exact) mass is 484 g/mol.